The number of nitrogens with one attached hydrogen (secondary N) is 7. The van der Waals surface area contributed by atoms with Crippen LogP contribution in [0.15, 0.2) is 48.5 Å². The zero-order valence-electron chi connectivity index (χ0n) is 42.0. The summed E-state index contributed by atoms with van der Waals surface area (Å²) in [6.45, 7) is 7.48. The van der Waals surface area contributed by atoms with E-state index in [0.29, 0.717) is 17.5 Å². The van der Waals surface area contributed by atoms with Crippen LogP contribution in [0.5, 0.6) is 5.75 Å². The first kappa shape index (κ1) is 60.7. The summed E-state index contributed by atoms with van der Waals surface area (Å²) in [7, 11) is 0. The van der Waals surface area contributed by atoms with Gasteiger partial charge in [-0.05, 0) is 67.0 Å². The smallest absolute Gasteiger partial charge is 0.245 e. The van der Waals surface area contributed by atoms with Crippen molar-refractivity contribution in [1.29, 1.82) is 0 Å². The number of ketones is 4. The zero-order valence-corrected chi connectivity index (χ0v) is 42.8. The van der Waals surface area contributed by atoms with Crippen LogP contribution < -0.4 is 54.9 Å². The summed E-state index contributed by atoms with van der Waals surface area (Å²) < 4.78 is 0. The van der Waals surface area contributed by atoms with Crippen molar-refractivity contribution in [3.8, 4) is 5.75 Å². The van der Waals surface area contributed by atoms with Crippen LogP contribution in [0.2, 0.25) is 0 Å². The van der Waals surface area contributed by atoms with E-state index in [1.54, 1.807) is 45.9 Å². The average Bonchev–Trinajstić information content (AvgIpc) is 3.32. The third kappa shape index (κ3) is 20.8. The van der Waals surface area contributed by atoms with Gasteiger partial charge in [-0.1, -0.05) is 76.1 Å². The molecule has 73 heavy (non-hydrogen) atoms. The number of primary amides is 2. The van der Waals surface area contributed by atoms with Crippen LogP contribution in [0, 0.1) is 18.8 Å². The van der Waals surface area contributed by atoms with Crippen LogP contribution in [0.4, 0.5) is 0 Å². The number of carbonyl (C=O) groups is 11. The number of nitrogens with two attached hydrogens (primary N) is 3. The first-order valence-electron chi connectivity index (χ1n) is 24.1. The highest BCUT2D eigenvalue weighted by atomic mass is 32.2. The van der Waals surface area contributed by atoms with Crippen LogP contribution in [-0.4, -0.2) is 135 Å². The van der Waals surface area contributed by atoms with Crippen LogP contribution >= 0.6 is 11.8 Å². The Morgan fingerprint density at radius 1 is 0.836 bits per heavy atom. The first-order valence-corrected chi connectivity index (χ1v) is 25.2. The van der Waals surface area contributed by atoms with E-state index in [1.165, 1.54) is 36.0 Å². The Morgan fingerprint density at radius 2 is 1.52 bits per heavy atom. The number of rotatable bonds is 21. The lowest BCUT2D eigenvalue weighted by molar-refractivity contribution is -0.142. The summed E-state index contributed by atoms with van der Waals surface area (Å²) in [6.07, 6.45) is -1.48. The van der Waals surface area contributed by atoms with Gasteiger partial charge in [0.2, 0.25) is 64.5 Å². The second-order valence-electron chi connectivity index (χ2n) is 18.5. The summed E-state index contributed by atoms with van der Waals surface area (Å²) >= 11 is 1.19. The molecular formula is C49H71N11O12S. The largest absolute Gasteiger partial charge is 0.508 e. The number of hydrazine groups is 2. The molecule has 1 aliphatic heterocycles. The van der Waals surface area contributed by atoms with Crippen molar-refractivity contribution in [2.45, 2.75) is 129 Å². The second kappa shape index (κ2) is 30.4. The van der Waals surface area contributed by atoms with Crippen molar-refractivity contribution in [2.24, 2.45) is 29.1 Å². The summed E-state index contributed by atoms with van der Waals surface area (Å²) in [5, 5.41) is 20.2. The van der Waals surface area contributed by atoms with Gasteiger partial charge in [0.05, 0.1) is 37.6 Å². The number of amides is 7. The summed E-state index contributed by atoms with van der Waals surface area (Å²) in [5.74, 6) is -5.03. The van der Waals surface area contributed by atoms with Gasteiger partial charge in [0.25, 0.3) is 0 Å². The number of phenols is 1. The number of hydrogen-bond acceptors (Lipinski definition) is 17. The minimum absolute atomic E-state index is 0.0473. The maximum atomic E-state index is 14.9. The van der Waals surface area contributed by atoms with Gasteiger partial charge in [-0.2, -0.15) is 11.8 Å². The second-order valence-corrected chi connectivity index (χ2v) is 19.7. The lowest BCUT2D eigenvalue weighted by atomic mass is 9.90. The number of aryl methyl sites for hydroxylation is 1. The molecule has 2 aromatic rings. The normalized spacial score (nSPS) is 20.6. The monoisotopic (exact) mass is 1040 g/mol. The van der Waals surface area contributed by atoms with Gasteiger partial charge in [-0.25, -0.2) is 10.9 Å². The fourth-order valence-electron chi connectivity index (χ4n) is 7.75. The molecule has 1 heterocycles. The quantitative estimate of drug-likeness (QED) is 0.0387. The Kier molecular flexibility index (Phi) is 25.3. The summed E-state index contributed by atoms with van der Waals surface area (Å²) in [6, 6.07) is 4.31. The van der Waals surface area contributed by atoms with Crippen LogP contribution in [-0.2, 0) is 65.7 Å². The molecule has 1 aliphatic rings. The van der Waals surface area contributed by atoms with Gasteiger partial charge in [0.15, 0.2) is 0 Å². The van der Waals surface area contributed by atoms with Gasteiger partial charge in [-0.15, -0.1) is 0 Å². The molecule has 23 nitrogen and oxygen atoms in total. The molecule has 7 atom stereocenters. The number of Topliss-reactive ketones (excluding diaryl/α,β-unsaturated/α-hetero) is 4. The first-order chi connectivity index (χ1) is 34.5. The van der Waals surface area contributed by atoms with E-state index in [9.17, 15) is 57.8 Å². The number of aromatic hydroxyl groups is 1. The lowest BCUT2D eigenvalue weighted by Crippen LogP contribution is -2.61. The SMILES string of the molecule is CC[C@H](C)C1NN[C@@H](CCC(N)=O)C(=O)N[C@@H](CC(N)=O)C(=O)N[C@H](C(=O)N(CC(=O)N[C@@H](CC(C)C)C(=O)C(=O)CNN)Cc2cccc(C)c2)CCSCCC(=O)N[C@@H](Cc2ccc(O)cc2)C(=O)C1=O. The van der Waals surface area contributed by atoms with Crippen LogP contribution in [0.25, 0.3) is 0 Å². The van der Waals surface area contributed by atoms with Crippen molar-refractivity contribution < 1.29 is 57.8 Å². The molecule has 1 saturated heterocycles. The Bertz CT molecular complexity index is 2300. The molecule has 7 amide bonds. The van der Waals surface area contributed by atoms with Gasteiger partial charge in [0.1, 0.15) is 23.9 Å². The number of carbonyl (C=O) groups excluding carboxylic acids is 11. The predicted molar refractivity (Wildman–Crippen MR) is 270 cm³/mol. The van der Waals surface area contributed by atoms with E-state index in [0.717, 1.165) is 10.5 Å². The van der Waals surface area contributed by atoms with Crippen LogP contribution in [0.3, 0.4) is 0 Å². The Labute approximate surface area is 428 Å². The molecule has 1 fully saturated rings. The minimum Gasteiger partial charge on any atom is -0.508 e. The maximum Gasteiger partial charge on any atom is 0.245 e. The fraction of sp³-hybridized carbons (Fsp3) is 0.531. The Hall–Kier alpha value is -6.60. The van der Waals surface area contributed by atoms with Crippen LogP contribution in [0.1, 0.15) is 89.3 Å². The highest BCUT2D eigenvalue weighted by Gasteiger charge is 2.37. The molecule has 0 saturated carbocycles. The summed E-state index contributed by atoms with van der Waals surface area (Å²) in [4.78, 5) is 150. The van der Waals surface area contributed by atoms with Gasteiger partial charge in [0, 0.05) is 31.6 Å². The number of benzene rings is 2. The highest BCUT2D eigenvalue weighted by Crippen LogP contribution is 2.18. The zero-order chi connectivity index (χ0) is 54.4. The molecule has 1 unspecified atom stereocenters. The summed E-state index contributed by atoms with van der Waals surface area (Å²) in [5.41, 5.74) is 20.5. The predicted octanol–water partition coefficient (Wildman–Crippen LogP) is -1.46. The molecule has 3 rings (SSSR count). The minimum atomic E-state index is -1.73. The van der Waals surface area contributed by atoms with Crippen molar-refractivity contribution in [3.05, 3.63) is 65.2 Å². The van der Waals surface area contributed by atoms with Gasteiger partial charge >= 0.3 is 0 Å². The van der Waals surface area contributed by atoms with E-state index in [4.69, 9.17) is 17.3 Å². The van der Waals surface area contributed by atoms with E-state index >= 15 is 0 Å². The molecule has 24 heteroatoms. The third-order valence-corrected chi connectivity index (χ3v) is 12.9. The fourth-order valence-corrected chi connectivity index (χ4v) is 8.69. The molecule has 2 aromatic carbocycles. The van der Waals surface area contributed by atoms with E-state index in [-0.39, 0.29) is 68.2 Å². The van der Waals surface area contributed by atoms with Gasteiger partial charge in [-0.3, -0.25) is 64.0 Å². The van der Waals surface area contributed by atoms with E-state index in [2.05, 4.69) is 37.5 Å². The number of thioether (sulfide) groups is 1. The topological polar surface area (TPSA) is 374 Å². The molecule has 14 N–H and O–H groups in total. The molecule has 0 radical (unpaired) electrons. The lowest BCUT2D eigenvalue weighted by Gasteiger charge is -2.30. The molecule has 0 spiro atoms. The van der Waals surface area contributed by atoms with Crippen molar-refractivity contribution in [2.75, 3.05) is 24.6 Å². The van der Waals surface area contributed by atoms with Gasteiger partial charge < -0.3 is 42.7 Å². The van der Waals surface area contributed by atoms with Crippen molar-refractivity contribution >= 4 is 76.2 Å². The van der Waals surface area contributed by atoms with E-state index in [1.807, 2.05) is 13.0 Å². The Morgan fingerprint density at radius 3 is 2.14 bits per heavy atom. The van der Waals surface area contributed by atoms with Crippen molar-refractivity contribution in [3.63, 3.8) is 0 Å². The Balaban J connectivity index is 2.12. The number of phenolic OH excluding ortho intramolecular Hbond substituents is 1. The molecule has 0 bridgehead atoms. The standard InChI is InChI=1S/C49H71N11O12S/c1-6-29(5)43-46(69)45(68)36(22-30-10-12-32(61)13-11-30)54-41(65)17-19-73-18-16-34(56-48(71)37(23-40(51)64)57-47(70)33(58-59-43)14-15-39(50)63)49(72)60(25-31-9-7-8-28(4)21-31)26-42(66)55-35(20-27(2)3)44(67)38(62)24-53-52/h7-13,21,27,29,33-37,43,53,58-59,61H,6,14-20,22-26,52H2,1-5H3,(H2,50,63)(H2,51,64)(H,54,65)(H,55,66)(H,56,71)(H,57,70)/t29-,33-,34-,35-,36-,37-,43?/m0/s1. The number of nitrogens with zero attached hydrogens (tertiary/aromatic N) is 1. The van der Waals surface area contributed by atoms with E-state index < -0.39 is 126 Å². The average molecular weight is 1040 g/mol. The molecule has 0 aliphatic carbocycles. The number of hydrogen-bond donors (Lipinski definition) is 11. The highest BCUT2D eigenvalue weighted by molar-refractivity contribution is 7.99. The molecule has 0 aromatic heterocycles. The maximum absolute atomic E-state index is 14.9. The third-order valence-electron chi connectivity index (χ3n) is 11.9. The van der Waals surface area contributed by atoms with Crippen molar-refractivity contribution in [1.82, 2.24) is 42.4 Å². The molecular weight excluding hydrogens is 967 g/mol. The molecule has 400 valence electrons.